The first-order valence-electron chi connectivity index (χ1n) is 6.70. The van der Waals surface area contributed by atoms with Crippen LogP contribution in [0.2, 0.25) is 0 Å². The van der Waals surface area contributed by atoms with Crippen molar-refractivity contribution in [3.63, 3.8) is 0 Å². The number of hydrogen-bond acceptors (Lipinski definition) is 2. The van der Waals surface area contributed by atoms with E-state index in [4.69, 9.17) is 0 Å². The Morgan fingerprint density at radius 1 is 1.00 bits per heavy atom. The molecule has 0 fully saturated rings. The molecule has 5 heteroatoms. The molecule has 22 heavy (non-hydrogen) atoms. The number of benzene rings is 2. The fourth-order valence-electron chi connectivity index (χ4n) is 2.17. The Kier molecular flexibility index (Phi) is 4.85. The number of rotatable bonds is 4. The molecule has 0 N–H and O–H groups in total. The van der Waals surface area contributed by atoms with Crippen LogP contribution in [0.1, 0.15) is 5.56 Å². The summed E-state index contributed by atoms with van der Waals surface area (Å²) < 4.78 is 42.9. The van der Waals surface area contributed by atoms with Crippen molar-refractivity contribution in [2.24, 2.45) is 5.92 Å². The normalized spacial score (nSPS) is 12.7. The van der Waals surface area contributed by atoms with Gasteiger partial charge in [0, 0.05) is 0 Å². The van der Waals surface area contributed by atoms with Gasteiger partial charge < -0.3 is 4.74 Å². The largest absolute Gasteiger partial charge is 0.469 e. The number of hydrogen-bond donors (Lipinski definition) is 0. The first-order valence-corrected chi connectivity index (χ1v) is 6.70. The molecule has 0 saturated heterocycles. The Labute approximate surface area is 126 Å². The van der Waals surface area contributed by atoms with E-state index in [1.807, 2.05) is 30.3 Å². The molecule has 116 valence electrons. The minimum absolute atomic E-state index is 0.425. The van der Waals surface area contributed by atoms with E-state index in [9.17, 15) is 18.0 Å². The maximum absolute atomic E-state index is 12.9. The third-order valence-electron chi connectivity index (χ3n) is 3.38. The quantitative estimate of drug-likeness (QED) is 0.789. The van der Waals surface area contributed by atoms with Gasteiger partial charge in [-0.1, -0.05) is 54.6 Å². The van der Waals surface area contributed by atoms with Crippen molar-refractivity contribution < 1.29 is 22.7 Å². The zero-order valence-electron chi connectivity index (χ0n) is 11.9. The van der Waals surface area contributed by atoms with Crippen LogP contribution >= 0.6 is 0 Å². The van der Waals surface area contributed by atoms with E-state index in [1.165, 1.54) is 0 Å². The van der Waals surface area contributed by atoms with Crippen molar-refractivity contribution in [1.82, 2.24) is 0 Å². The Balaban J connectivity index is 2.18. The standard InChI is InChI=1S/C17H15F3O2/c1-22-16(21)15(17(18,19)20)11-12-7-9-14(10-8-12)13-5-3-2-4-6-13/h2-10,15H,11H2,1H3. The number of carbonyl (C=O) groups excluding carboxylic acids is 1. The third-order valence-corrected chi connectivity index (χ3v) is 3.38. The number of alkyl halides is 3. The molecule has 1 atom stereocenters. The fraction of sp³-hybridized carbons (Fsp3) is 0.235. The monoisotopic (exact) mass is 308 g/mol. The summed E-state index contributed by atoms with van der Waals surface area (Å²) in [6.07, 6.45) is -5.05. The second-order valence-corrected chi connectivity index (χ2v) is 4.88. The minimum atomic E-state index is -4.62. The van der Waals surface area contributed by atoms with Crippen LogP contribution in [0.15, 0.2) is 54.6 Å². The zero-order chi connectivity index (χ0) is 16.2. The molecule has 0 spiro atoms. The SMILES string of the molecule is COC(=O)C(Cc1ccc(-c2ccccc2)cc1)C(F)(F)F. The molecule has 0 aromatic heterocycles. The van der Waals surface area contributed by atoms with Crippen LogP contribution in [0, 0.1) is 5.92 Å². The van der Waals surface area contributed by atoms with Crippen molar-refractivity contribution in [2.75, 3.05) is 7.11 Å². The number of esters is 1. The van der Waals surface area contributed by atoms with Gasteiger partial charge in [-0.25, -0.2) is 0 Å². The molecule has 0 aliphatic heterocycles. The van der Waals surface area contributed by atoms with E-state index < -0.39 is 24.5 Å². The van der Waals surface area contributed by atoms with Gasteiger partial charge >= 0.3 is 12.1 Å². The molecule has 2 rings (SSSR count). The Hall–Kier alpha value is -2.30. The van der Waals surface area contributed by atoms with Crippen LogP contribution in [0.5, 0.6) is 0 Å². The average Bonchev–Trinajstić information content (AvgIpc) is 2.52. The molecular weight excluding hydrogens is 293 g/mol. The van der Waals surface area contributed by atoms with E-state index in [0.717, 1.165) is 18.2 Å². The Morgan fingerprint density at radius 2 is 1.55 bits per heavy atom. The minimum Gasteiger partial charge on any atom is -0.469 e. The predicted molar refractivity (Wildman–Crippen MR) is 77.1 cm³/mol. The van der Waals surface area contributed by atoms with Gasteiger partial charge in [0.25, 0.3) is 0 Å². The van der Waals surface area contributed by atoms with Crippen LogP contribution in [0.3, 0.4) is 0 Å². The van der Waals surface area contributed by atoms with Crippen LogP contribution in [0.4, 0.5) is 13.2 Å². The van der Waals surface area contributed by atoms with E-state index in [2.05, 4.69) is 4.74 Å². The van der Waals surface area contributed by atoms with Crippen LogP contribution in [-0.2, 0) is 16.0 Å². The molecule has 0 aliphatic rings. The topological polar surface area (TPSA) is 26.3 Å². The third kappa shape index (κ3) is 3.87. The van der Waals surface area contributed by atoms with Gasteiger partial charge in [-0.3, -0.25) is 4.79 Å². The second-order valence-electron chi connectivity index (χ2n) is 4.88. The summed E-state index contributed by atoms with van der Waals surface area (Å²) in [4.78, 5) is 11.3. The van der Waals surface area contributed by atoms with E-state index in [-0.39, 0.29) is 0 Å². The molecular formula is C17H15F3O2. The zero-order valence-corrected chi connectivity index (χ0v) is 11.9. The van der Waals surface area contributed by atoms with Gasteiger partial charge in [0.15, 0.2) is 5.92 Å². The number of methoxy groups -OCH3 is 1. The number of carbonyl (C=O) groups is 1. The van der Waals surface area contributed by atoms with Gasteiger partial charge in [0.1, 0.15) is 0 Å². The van der Waals surface area contributed by atoms with Gasteiger partial charge in [-0.15, -0.1) is 0 Å². The Morgan fingerprint density at radius 3 is 2.05 bits per heavy atom. The van der Waals surface area contributed by atoms with Gasteiger partial charge in [0.2, 0.25) is 0 Å². The number of ether oxygens (including phenoxy) is 1. The molecule has 0 radical (unpaired) electrons. The lowest BCUT2D eigenvalue weighted by atomic mass is 9.96. The summed E-state index contributed by atoms with van der Waals surface area (Å²) in [6, 6.07) is 16.2. The van der Waals surface area contributed by atoms with E-state index >= 15 is 0 Å². The van der Waals surface area contributed by atoms with Crippen molar-refractivity contribution in [1.29, 1.82) is 0 Å². The summed E-state index contributed by atoms with van der Waals surface area (Å²) in [5.41, 5.74) is 2.33. The highest BCUT2D eigenvalue weighted by atomic mass is 19.4. The van der Waals surface area contributed by atoms with Crippen molar-refractivity contribution in [2.45, 2.75) is 12.6 Å². The van der Waals surface area contributed by atoms with Crippen LogP contribution < -0.4 is 0 Å². The van der Waals surface area contributed by atoms with Crippen LogP contribution in [-0.4, -0.2) is 19.3 Å². The second kappa shape index (κ2) is 6.64. The van der Waals surface area contributed by atoms with Crippen molar-refractivity contribution in [3.8, 4) is 11.1 Å². The molecule has 2 aromatic rings. The maximum atomic E-state index is 12.9. The van der Waals surface area contributed by atoms with E-state index in [1.54, 1.807) is 24.3 Å². The highest BCUT2D eigenvalue weighted by Gasteiger charge is 2.45. The van der Waals surface area contributed by atoms with Gasteiger partial charge in [0.05, 0.1) is 7.11 Å². The Bertz CT molecular complexity index is 619. The average molecular weight is 308 g/mol. The molecule has 2 nitrogen and oxygen atoms in total. The predicted octanol–water partition coefficient (Wildman–Crippen LogP) is 4.25. The molecule has 0 bridgehead atoms. The first kappa shape index (κ1) is 16.1. The molecule has 0 heterocycles. The fourth-order valence-corrected chi connectivity index (χ4v) is 2.17. The summed E-state index contributed by atoms with van der Waals surface area (Å²) in [7, 11) is 0.958. The molecule has 0 saturated carbocycles. The lowest BCUT2D eigenvalue weighted by Crippen LogP contribution is -2.33. The first-order chi connectivity index (χ1) is 10.4. The molecule has 1 unspecified atom stereocenters. The van der Waals surface area contributed by atoms with Gasteiger partial charge in [-0.05, 0) is 23.1 Å². The van der Waals surface area contributed by atoms with Crippen molar-refractivity contribution in [3.05, 3.63) is 60.2 Å². The smallest absolute Gasteiger partial charge is 0.402 e. The van der Waals surface area contributed by atoms with Gasteiger partial charge in [-0.2, -0.15) is 13.2 Å². The summed E-state index contributed by atoms with van der Waals surface area (Å²) in [5.74, 6) is -3.40. The van der Waals surface area contributed by atoms with Crippen molar-refractivity contribution >= 4 is 5.97 Å². The van der Waals surface area contributed by atoms with Crippen LogP contribution in [0.25, 0.3) is 11.1 Å². The summed E-state index contributed by atoms with van der Waals surface area (Å²) >= 11 is 0. The molecule has 0 aliphatic carbocycles. The molecule has 2 aromatic carbocycles. The van der Waals surface area contributed by atoms with E-state index in [0.29, 0.717) is 5.56 Å². The highest BCUT2D eigenvalue weighted by Crippen LogP contribution is 2.30. The summed E-state index contributed by atoms with van der Waals surface area (Å²) in [6.45, 7) is 0. The number of halogens is 3. The molecule has 0 amide bonds. The lowest BCUT2D eigenvalue weighted by molar-refractivity contribution is -0.195. The highest BCUT2D eigenvalue weighted by molar-refractivity contribution is 5.73. The lowest BCUT2D eigenvalue weighted by Gasteiger charge is -2.18. The summed E-state index contributed by atoms with van der Waals surface area (Å²) in [5, 5.41) is 0. The maximum Gasteiger partial charge on any atom is 0.402 e.